The molecule has 0 fully saturated rings. The molecule has 0 aromatic carbocycles. The highest BCUT2D eigenvalue weighted by Gasteiger charge is 2.03. The van der Waals surface area contributed by atoms with Gasteiger partial charge in [0.2, 0.25) is 0 Å². The predicted molar refractivity (Wildman–Crippen MR) is 45.4 cm³/mol. The zero-order chi connectivity index (χ0) is 7.68. The molecule has 2 aromatic rings. The summed E-state index contributed by atoms with van der Waals surface area (Å²) in [4.78, 5) is 4.05. The van der Waals surface area contributed by atoms with E-state index < -0.39 is 0 Å². The van der Waals surface area contributed by atoms with Crippen LogP contribution in [0.1, 0.15) is 0 Å². The van der Waals surface area contributed by atoms with Crippen molar-refractivity contribution in [2.45, 2.75) is 0 Å². The van der Waals surface area contributed by atoms with Gasteiger partial charge in [0.15, 0.2) is 5.13 Å². The third kappa shape index (κ3) is 1.22. The van der Waals surface area contributed by atoms with Crippen LogP contribution < -0.4 is 5.73 Å². The molecule has 0 spiro atoms. The average Bonchev–Trinajstić information content (AvgIpc) is 2.55. The van der Waals surface area contributed by atoms with E-state index in [1.807, 2.05) is 10.8 Å². The van der Waals surface area contributed by atoms with Gasteiger partial charge in [-0.1, -0.05) is 4.49 Å². The van der Waals surface area contributed by atoms with Gasteiger partial charge in [-0.2, -0.15) is 0 Å². The van der Waals surface area contributed by atoms with Crippen LogP contribution in [0.25, 0.3) is 11.4 Å². The molecule has 6 heteroatoms. The summed E-state index contributed by atoms with van der Waals surface area (Å²) in [6.07, 6.45) is 0. The molecule has 0 unspecified atom stereocenters. The molecular weight excluding hydrogens is 180 g/mol. The van der Waals surface area contributed by atoms with E-state index in [1.54, 1.807) is 0 Å². The van der Waals surface area contributed by atoms with Crippen LogP contribution in [-0.2, 0) is 0 Å². The summed E-state index contributed by atoms with van der Waals surface area (Å²) in [7, 11) is 0. The number of nitrogens with two attached hydrogens (primary N) is 1. The van der Waals surface area contributed by atoms with Crippen LogP contribution in [0.15, 0.2) is 10.8 Å². The summed E-state index contributed by atoms with van der Waals surface area (Å²) < 4.78 is 3.72. The molecule has 0 aliphatic rings. The minimum atomic E-state index is 0.563. The molecule has 0 radical (unpaired) electrons. The Kier molecular flexibility index (Phi) is 1.55. The fourth-order valence-corrected chi connectivity index (χ4v) is 1.69. The normalized spacial score (nSPS) is 10.2. The highest BCUT2D eigenvalue weighted by molar-refractivity contribution is 7.13. The fraction of sp³-hybridized carbons (Fsp3) is 0. The van der Waals surface area contributed by atoms with Gasteiger partial charge in [-0.05, 0) is 11.5 Å². The zero-order valence-electron chi connectivity index (χ0n) is 5.39. The monoisotopic (exact) mass is 184 g/mol. The molecule has 56 valence electrons. The van der Waals surface area contributed by atoms with E-state index in [9.17, 15) is 0 Å². The molecule has 0 saturated carbocycles. The second-order valence-corrected chi connectivity index (χ2v) is 3.36. The van der Waals surface area contributed by atoms with Crippen molar-refractivity contribution >= 4 is 28.0 Å². The number of hydrogen-bond donors (Lipinski definition) is 1. The molecule has 0 amide bonds. The second-order valence-electron chi connectivity index (χ2n) is 1.86. The number of aromatic nitrogens is 3. The summed E-state index contributed by atoms with van der Waals surface area (Å²) in [6, 6.07) is 0. The van der Waals surface area contributed by atoms with Crippen molar-refractivity contribution in [3.63, 3.8) is 0 Å². The van der Waals surface area contributed by atoms with E-state index in [0.29, 0.717) is 5.13 Å². The lowest BCUT2D eigenvalue weighted by Crippen LogP contribution is -1.82. The van der Waals surface area contributed by atoms with Gasteiger partial charge in [0.05, 0.1) is 0 Å². The lowest BCUT2D eigenvalue weighted by molar-refractivity contribution is 1.15. The van der Waals surface area contributed by atoms with E-state index in [4.69, 9.17) is 5.73 Å². The van der Waals surface area contributed by atoms with E-state index in [2.05, 4.69) is 14.6 Å². The lowest BCUT2D eigenvalue weighted by Gasteiger charge is -1.82. The van der Waals surface area contributed by atoms with Gasteiger partial charge in [-0.25, -0.2) is 4.98 Å². The fourth-order valence-electron chi connectivity index (χ4n) is 0.681. The standard InChI is InChI=1S/C5H4N4S2/c6-5-7-3(1-10-5)4-2-11-9-8-4/h1-2H,(H2,6,7). The molecule has 2 heterocycles. The van der Waals surface area contributed by atoms with Crippen molar-refractivity contribution in [2.24, 2.45) is 0 Å². The van der Waals surface area contributed by atoms with Crippen molar-refractivity contribution in [3.05, 3.63) is 10.8 Å². The largest absolute Gasteiger partial charge is 0.375 e. The second kappa shape index (κ2) is 2.55. The van der Waals surface area contributed by atoms with Crippen molar-refractivity contribution in [1.82, 2.24) is 14.6 Å². The maximum absolute atomic E-state index is 5.45. The number of thiazole rings is 1. The van der Waals surface area contributed by atoms with Crippen LogP contribution in [0, 0.1) is 0 Å². The number of rotatable bonds is 1. The summed E-state index contributed by atoms with van der Waals surface area (Å²) in [5, 5.41) is 8.13. The van der Waals surface area contributed by atoms with Crippen molar-refractivity contribution in [1.29, 1.82) is 0 Å². The molecule has 0 bridgehead atoms. The van der Waals surface area contributed by atoms with Crippen LogP contribution in [0.2, 0.25) is 0 Å². The molecule has 2 N–H and O–H groups in total. The first kappa shape index (κ1) is 6.68. The molecule has 11 heavy (non-hydrogen) atoms. The van der Waals surface area contributed by atoms with Crippen LogP contribution in [0.3, 0.4) is 0 Å². The number of anilines is 1. The Labute approximate surface area is 70.9 Å². The minimum absolute atomic E-state index is 0.563. The first-order valence-corrected chi connectivity index (χ1v) is 4.56. The van der Waals surface area contributed by atoms with Gasteiger partial charge in [-0.3, -0.25) is 0 Å². The van der Waals surface area contributed by atoms with Gasteiger partial charge in [0, 0.05) is 10.8 Å². The highest BCUT2D eigenvalue weighted by atomic mass is 32.1. The molecule has 2 rings (SSSR count). The third-order valence-corrected chi connectivity index (χ3v) is 2.32. The predicted octanol–water partition coefficient (Wildman–Crippen LogP) is 1.24. The number of nitrogen functional groups attached to an aromatic ring is 1. The number of nitrogens with zero attached hydrogens (tertiary/aromatic N) is 3. The minimum Gasteiger partial charge on any atom is -0.375 e. The van der Waals surface area contributed by atoms with Crippen LogP contribution in [-0.4, -0.2) is 14.6 Å². The van der Waals surface area contributed by atoms with Crippen molar-refractivity contribution in [3.8, 4) is 11.4 Å². The molecule has 0 aliphatic carbocycles. The lowest BCUT2D eigenvalue weighted by atomic mass is 10.4. The van der Waals surface area contributed by atoms with Gasteiger partial charge in [0.1, 0.15) is 11.4 Å². The number of hydrogen-bond acceptors (Lipinski definition) is 6. The Morgan fingerprint density at radius 1 is 1.27 bits per heavy atom. The van der Waals surface area contributed by atoms with Crippen molar-refractivity contribution < 1.29 is 0 Å². The Morgan fingerprint density at radius 2 is 2.18 bits per heavy atom. The molecule has 0 aliphatic heterocycles. The average molecular weight is 184 g/mol. The molecular formula is C5H4N4S2. The third-order valence-electron chi connectivity index (χ3n) is 1.14. The maximum Gasteiger partial charge on any atom is 0.180 e. The smallest absolute Gasteiger partial charge is 0.180 e. The Hall–Kier alpha value is -1.01. The first-order chi connectivity index (χ1) is 5.36. The zero-order valence-corrected chi connectivity index (χ0v) is 7.02. The van der Waals surface area contributed by atoms with E-state index >= 15 is 0 Å². The Morgan fingerprint density at radius 3 is 2.73 bits per heavy atom. The van der Waals surface area contributed by atoms with Crippen LogP contribution >= 0.6 is 22.9 Å². The van der Waals surface area contributed by atoms with Crippen molar-refractivity contribution in [2.75, 3.05) is 5.73 Å². The summed E-state index contributed by atoms with van der Waals surface area (Å²) in [5.74, 6) is 0. The van der Waals surface area contributed by atoms with E-state index in [1.165, 1.54) is 22.9 Å². The van der Waals surface area contributed by atoms with E-state index in [-0.39, 0.29) is 0 Å². The quantitative estimate of drug-likeness (QED) is 0.724. The van der Waals surface area contributed by atoms with Gasteiger partial charge >= 0.3 is 0 Å². The highest BCUT2D eigenvalue weighted by Crippen LogP contribution is 2.21. The molecule has 0 saturated heterocycles. The maximum atomic E-state index is 5.45. The first-order valence-electron chi connectivity index (χ1n) is 2.84. The SMILES string of the molecule is Nc1nc(-c2csnn2)cs1. The Balaban J connectivity index is 2.45. The Bertz CT molecular complexity index is 339. The topological polar surface area (TPSA) is 64.7 Å². The molecule has 4 nitrogen and oxygen atoms in total. The molecule has 2 aromatic heterocycles. The van der Waals surface area contributed by atoms with Gasteiger partial charge in [0.25, 0.3) is 0 Å². The van der Waals surface area contributed by atoms with Gasteiger partial charge in [-0.15, -0.1) is 16.4 Å². The van der Waals surface area contributed by atoms with Crippen LogP contribution in [0.4, 0.5) is 5.13 Å². The summed E-state index contributed by atoms with van der Waals surface area (Å²) >= 11 is 2.71. The van der Waals surface area contributed by atoms with Crippen LogP contribution in [0.5, 0.6) is 0 Å². The van der Waals surface area contributed by atoms with E-state index in [0.717, 1.165) is 11.4 Å². The summed E-state index contributed by atoms with van der Waals surface area (Å²) in [5.41, 5.74) is 7.05. The summed E-state index contributed by atoms with van der Waals surface area (Å²) in [6.45, 7) is 0. The van der Waals surface area contributed by atoms with Gasteiger partial charge < -0.3 is 5.73 Å². The molecule has 0 atom stereocenters.